The van der Waals surface area contributed by atoms with Crippen LogP contribution in [0.3, 0.4) is 0 Å². The number of nitrogens with one attached hydrogen (secondary N) is 2. The molecule has 5 atom stereocenters. The van der Waals surface area contributed by atoms with Gasteiger partial charge < -0.3 is 34.4 Å². The fraction of sp³-hybridized carbons (Fsp3) is 0.517. The Morgan fingerprint density at radius 1 is 1.19 bits per heavy atom. The lowest BCUT2D eigenvalue weighted by molar-refractivity contribution is -0.0907. The fourth-order valence-corrected chi connectivity index (χ4v) is 7.25. The Bertz CT molecular complexity index is 1460. The van der Waals surface area contributed by atoms with Gasteiger partial charge >= 0.3 is 6.09 Å². The van der Waals surface area contributed by atoms with E-state index in [1.54, 1.807) is 13.1 Å². The van der Waals surface area contributed by atoms with Gasteiger partial charge in [0.15, 0.2) is 11.9 Å². The zero-order valence-electron chi connectivity index (χ0n) is 23.9. The van der Waals surface area contributed by atoms with Crippen molar-refractivity contribution in [3.8, 4) is 0 Å². The number of alkyl carbamates (subject to hydrolysis) is 1. The average molecular weight is 603 g/mol. The van der Waals surface area contributed by atoms with Crippen molar-refractivity contribution in [2.24, 2.45) is 11.8 Å². The number of aromatic nitrogens is 1. The van der Waals surface area contributed by atoms with Gasteiger partial charge in [-0.3, -0.25) is 0 Å². The van der Waals surface area contributed by atoms with Gasteiger partial charge in [0.05, 0.1) is 36.2 Å². The molecular formula is C29H38N4O8S. The zero-order chi connectivity index (χ0) is 29.9. The molecule has 2 aromatic carbocycles. The van der Waals surface area contributed by atoms with Crippen molar-refractivity contribution in [3.05, 3.63) is 54.1 Å². The average Bonchev–Trinajstić information content (AvgIpc) is 3.70. The molecule has 2 fully saturated rings. The highest BCUT2D eigenvalue weighted by Crippen LogP contribution is 2.33. The number of sulfonamides is 1. The highest BCUT2D eigenvalue weighted by Gasteiger charge is 2.44. The number of carbonyl (C=O) groups is 1. The number of amides is 1. The van der Waals surface area contributed by atoms with E-state index in [2.05, 4.69) is 15.6 Å². The number of anilines is 1. The molecule has 3 N–H and O–H groups in total. The summed E-state index contributed by atoms with van der Waals surface area (Å²) in [5.41, 5.74) is 1.67. The van der Waals surface area contributed by atoms with Crippen molar-refractivity contribution in [3.63, 3.8) is 0 Å². The molecule has 2 aliphatic rings. The van der Waals surface area contributed by atoms with Gasteiger partial charge in [0, 0.05) is 26.2 Å². The van der Waals surface area contributed by atoms with Gasteiger partial charge in [0.25, 0.3) is 6.01 Å². The third-order valence-electron chi connectivity index (χ3n) is 7.53. The van der Waals surface area contributed by atoms with Crippen molar-refractivity contribution in [1.29, 1.82) is 0 Å². The zero-order valence-corrected chi connectivity index (χ0v) is 24.7. The lowest BCUT2D eigenvalue weighted by Crippen LogP contribution is -2.53. The molecule has 12 nitrogen and oxygen atoms in total. The normalized spacial score (nSPS) is 21.9. The van der Waals surface area contributed by atoms with E-state index in [9.17, 15) is 18.3 Å². The number of ether oxygens (including phenoxy) is 3. The number of carbonyl (C=O) groups excluding carboxylic acids is 1. The van der Waals surface area contributed by atoms with Crippen molar-refractivity contribution in [1.82, 2.24) is 14.6 Å². The van der Waals surface area contributed by atoms with Crippen molar-refractivity contribution >= 4 is 33.2 Å². The standard InChI is InChI=1S/C29H38N4O8S/c1-18(2)16-33(42(36,37)20-9-10-22-25(14-20)40-28(30-3)32-22)23(13-19-7-5-4-6-8-19)24(34)15-31-29(35)41-26-17-39-27-21(26)11-12-38-27/h4-10,14,18,21,23-24,26-27,34H,11-13,15-17H2,1-3H3,(H,30,32)(H,31,35). The predicted octanol–water partition coefficient (Wildman–Crippen LogP) is 2.98. The molecule has 13 heteroatoms. The number of hydrogen-bond donors (Lipinski definition) is 3. The molecule has 3 heterocycles. The Labute approximate surface area is 245 Å². The van der Waals surface area contributed by atoms with Crippen LogP contribution in [0.2, 0.25) is 0 Å². The molecule has 5 unspecified atom stereocenters. The maximum absolute atomic E-state index is 14.2. The monoisotopic (exact) mass is 602 g/mol. The molecule has 1 amide bonds. The van der Waals surface area contributed by atoms with E-state index < -0.39 is 34.4 Å². The lowest BCUT2D eigenvalue weighted by Gasteiger charge is -2.35. The van der Waals surface area contributed by atoms with Gasteiger partial charge in [-0.2, -0.15) is 9.29 Å². The largest absolute Gasteiger partial charge is 0.443 e. The summed E-state index contributed by atoms with van der Waals surface area (Å²) in [6.45, 7) is 4.54. The number of hydrogen-bond acceptors (Lipinski definition) is 10. The Hall–Kier alpha value is -3.23. The molecule has 2 aliphatic heterocycles. The second-order valence-corrected chi connectivity index (χ2v) is 12.9. The van der Waals surface area contributed by atoms with Crippen molar-refractivity contribution < 1.29 is 36.9 Å². The van der Waals surface area contributed by atoms with E-state index in [1.165, 1.54) is 16.4 Å². The maximum Gasteiger partial charge on any atom is 0.407 e. The van der Waals surface area contributed by atoms with Gasteiger partial charge in [-0.25, -0.2) is 13.2 Å². The summed E-state index contributed by atoms with van der Waals surface area (Å²) in [5.74, 6) is -0.0823. The highest BCUT2D eigenvalue weighted by molar-refractivity contribution is 7.89. The van der Waals surface area contributed by atoms with Crippen LogP contribution < -0.4 is 10.6 Å². The van der Waals surface area contributed by atoms with Gasteiger partial charge in [-0.15, -0.1) is 0 Å². The molecule has 2 saturated heterocycles. The Morgan fingerprint density at radius 2 is 1.98 bits per heavy atom. The van der Waals surface area contributed by atoms with Crippen molar-refractivity contribution in [2.75, 3.05) is 38.7 Å². The molecule has 0 aliphatic carbocycles. The van der Waals surface area contributed by atoms with Crippen LogP contribution in [0, 0.1) is 11.8 Å². The molecule has 5 rings (SSSR count). The Kier molecular flexibility index (Phi) is 9.33. The van der Waals surface area contributed by atoms with Crippen molar-refractivity contribution in [2.45, 2.75) is 56.1 Å². The Balaban J connectivity index is 1.38. The summed E-state index contributed by atoms with van der Waals surface area (Å²) >= 11 is 0. The van der Waals surface area contributed by atoms with Crippen LogP contribution >= 0.6 is 0 Å². The van der Waals surface area contributed by atoms with Crippen LogP contribution in [-0.2, 0) is 30.7 Å². The van der Waals surface area contributed by atoms with E-state index in [0.717, 1.165) is 12.0 Å². The van der Waals surface area contributed by atoms with Crippen LogP contribution in [0.4, 0.5) is 10.8 Å². The summed E-state index contributed by atoms with van der Waals surface area (Å²) in [5, 5.41) is 16.9. The molecule has 0 radical (unpaired) electrons. The molecule has 228 valence electrons. The first-order valence-electron chi connectivity index (χ1n) is 14.2. The van der Waals surface area contributed by atoms with E-state index in [0.29, 0.717) is 17.7 Å². The summed E-state index contributed by atoms with van der Waals surface area (Å²) in [6.07, 6.45) is -1.80. The second-order valence-electron chi connectivity index (χ2n) is 11.0. The van der Waals surface area contributed by atoms with E-state index in [1.807, 2.05) is 44.2 Å². The summed E-state index contributed by atoms with van der Waals surface area (Å²) in [4.78, 5) is 17.0. The third kappa shape index (κ3) is 6.70. The smallest absolute Gasteiger partial charge is 0.407 e. The van der Waals surface area contributed by atoms with E-state index >= 15 is 0 Å². The first-order valence-corrected chi connectivity index (χ1v) is 15.6. The summed E-state index contributed by atoms with van der Waals surface area (Å²) in [7, 11) is -2.47. The van der Waals surface area contributed by atoms with Gasteiger partial charge in [0.1, 0.15) is 11.6 Å². The minimum atomic E-state index is -4.13. The topological polar surface area (TPSA) is 152 Å². The molecule has 1 aromatic heterocycles. The molecular weight excluding hydrogens is 564 g/mol. The van der Waals surface area contributed by atoms with Gasteiger partial charge in [-0.05, 0) is 36.5 Å². The van der Waals surface area contributed by atoms with Crippen LogP contribution in [0.15, 0.2) is 57.8 Å². The highest BCUT2D eigenvalue weighted by atomic mass is 32.2. The summed E-state index contributed by atoms with van der Waals surface area (Å²) in [6, 6.07) is 13.2. The first kappa shape index (κ1) is 30.2. The van der Waals surface area contributed by atoms with Crippen LogP contribution in [-0.4, -0.2) is 86.8 Å². The first-order chi connectivity index (χ1) is 20.2. The number of rotatable bonds is 12. The minimum absolute atomic E-state index is 0.0154. The number of benzene rings is 2. The second kappa shape index (κ2) is 13.0. The van der Waals surface area contributed by atoms with Crippen LogP contribution in [0.25, 0.3) is 11.1 Å². The molecule has 0 spiro atoms. The van der Waals surface area contributed by atoms with E-state index in [4.69, 9.17) is 18.6 Å². The number of aliphatic hydroxyl groups is 1. The number of nitrogens with zero attached hydrogens (tertiary/aromatic N) is 2. The summed E-state index contributed by atoms with van der Waals surface area (Å²) < 4.78 is 51.9. The predicted molar refractivity (Wildman–Crippen MR) is 154 cm³/mol. The molecule has 3 aromatic rings. The fourth-order valence-electron chi connectivity index (χ4n) is 5.42. The molecule has 0 bridgehead atoms. The SMILES string of the molecule is CNc1nc2ccc(S(=O)(=O)N(CC(C)C)C(Cc3ccccc3)C(O)CNC(=O)OC3COC4OCCC34)cc2o1. The lowest BCUT2D eigenvalue weighted by atomic mass is 10.0. The molecule has 0 saturated carbocycles. The number of fused-ring (bicyclic) bond motifs is 2. The van der Waals surface area contributed by atoms with Gasteiger partial charge in [-0.1, -0.05) is 44.2 Å². The van der Waals surface area contributed by atoms with Crippen LogP contribution in [0.1, 0.15) is 25.8 Å². The Morgan fingerprint density at radius 3 is 2.71 bits per heavy atom. The van der Waals surface area contributed by atoms with E-state index in [-0.39, 0.29) is 55.2 Å². The quantitative estimate of drug-likeness (QED) is 0.282. The number of aliphatic hydroxyl groups excluding tert-OH is 1. The minimum Gasteiger partial charge on any atom is -0.443 e. The number of oxazole rings is 1. The molecule has 42 heavy (non-hydrogen) atoms. The van der Waals surface area contributed by atoms with Gasteiger partial charge in [0.2, 0.25) is 10.0 Å². The van der Waals surface area contributed by atoms with Crippen LogP contribution in [0.5, 0.6) is 0 Å². The maximum atomic E-state index is 14.2. The third-order valence-corrected chi connectivity index (χ3v) is 9.41.